The Hall–Kier alpha value is -0.800. The summed E-state index contributed by atoms with van der Waals surface area (Å²) < 4.78 is 5.92. The van der Waals surface area contributed by atoms with Crippen molar-refractivity contribution in [1.29, 1.82) is 0 Å². The van der Waals surface area contributed by atoms with Gasteiger partial charge in [0.2, 0.25) is 0 Å². The van der Waals surface area contributed by atoms with E-state index in [1.54, 1.807) is 0 Å². The molecule has 0 aromatic carbocycles. The minimum Gasteiger partial charge on any atom is -0.465 e. The molecule has 2 saturated carbocycles. The van der Waals surface area contributed by atoms with Gasteiger partial charge in [0.1, 0.15) is 11.5 Å². The van der Waals surface area contributed by atoms with Gasteiger partial charge in [0, 0.05) is 31.2 Å². The Morgan fingerprint density at radius 2 is 1.81 bits per heavy atom. The number of aryl methyl sites for hydroxylation is 1. The van der Waals surface area contributed by atoms with Crippen molar-refractivity contribution in [2.24, 2.45) is 11.8 Å². The Morgan fingerprint density at radius 1 is 1.19 bits per heavy atom. The van der Waals surface area contributed by atoms with E-state index < -0.39 is 0 Å². The van der Waals surface area contributed by atoms with Crippen LogP contribution in [0.5, 0.6) is 0 Å². The molecule has 21 heavy (non-hydrogen) atoms. The molecule has 0 spiro atoms. The first-order valence-electron chi connectivity index (χ1n) is 8.64. The van der Waals surface area contributed by atoms with Gasteiger partial charge in [-0.1, -0.05) is 13.8 Å². The minimum absolute atomic E-state index is 0.500. The molecule has 1 aromatic heterocycles. The van der Waals surface area contributed by atoms with E-state index in [0.29, 0.717) is 6.04 Å². The topological polar surface area (TPSA) is 28.4 Å². The summed E-state index contributed by atoms with van der Waals surface area (Å²) in [5.41, 5.74) is 1.39. The van der Waals surface area contributed by atoms with Gasteiger partial charge in [-0.05, 0) is 50.5 Å². The molecule has 0 saturated heterocycles. The van der Waals surface area contributed by atoms with Crippen molar-refractivity contribution in [3.8, 4) is 0 Å². The monoisotopic (exact) mass is 290 g/mol. The lowest BCUT2D eigenvalue weighted by Gasteiger charge is -2.21. The molecule has 0 aliphatic heterocycles. The Kier molecular flexibility index (Phi) is 4.70. The van der Waals surface area contributed by atoms with Gasteiger partial charge in [-0.3, -0.25) is 4.90 Å². The summed E-state index contributed by atoms with van der Waals surface area (Å²) >= 11 is 0. The molecule has 3 nitrogen and oxygen atoms in total. The van der Waals surface area contributed by atoms with Crippen LogP contribution in [0, 0.1) is 18.8 Å². The number of nitrogens with zero attached hydrogens (tertiary/aromatic N) is 1. The molecule has 2 fully saturated rings. The zero-order chi connectivity index (χ0) is 14.8. The third-order valence-corrected chi connectivity index (χ3v) is 4.58. The third kappa shape index (κ3) is 4.86. The van der Waals surface area contributed by atoms with Crippen molar-refractivity contribution in [2.75, 3.05) is 13.1 Å². The second-order valence-electron chi connectivity index (χ2n) is 7.41. The Balaban J connectivity index is 1.57. The fourth-order valence-electron chi connectivity index (χ4n) is 2.91. The summed E-state index contributed by atoms with van der Waals surface area (Å²) in [6.07, 6.45) is 5.76. The first kappa shape index (κ1) is 15.1. The lowest BCUT2D eigenvalue weighted by atomic mass is 10.2. The summed E-state index contributed by atoms with van der Waals surface area (Å²) in [5.74, 6) is 4.12. The molecule has 1 N–H and O–H groups in total. The zero-order valence-corrected chi connectivity index (χ0v) is 13.8. The van der Waals surface area contributed by atoms with Gasteiger partial charge in [0.25, 0.3) is 0 Å². The summed E-state index contributed by atoms with van der Waals surface area (Å²) in [5, 5.41) is 3.43. The predicted molar refractivity (Wildman–Crippen MR) is 86.1 cm³/mol. The quantitative estimate of drug-likeness (QED) is 0.751. The SMILES string of the molecule is Cc1oc(CNC(C)C)cc1CN(CC1CC1)CC1CC1. The highest BCUT2D eigenvalue weighted by Crippen LogP contribution is 2.34. The van der Waals surface area contributed by atoms with E-state index in [1.807, 2.05) is 0 Å². The van der Waals surface area contributed by atoms with Crippen molar-refractivity contribution in [2.45, 2.75) is 65.6 Å². The summed E-state index contributed by atoms with van der Waals surface area (Å²) in [7, 11) is 0. The lowest BCUT2D eigenvalue weighted by Crippen LogP contribution is -2.28. The van der Waals surface area contributed by atoms with Crippen molar-refractivity contribution < 1.29 is 4.42 Å². The number of hydrogen-bond acceptors (Lipinski definition) is 3. The summed E-state index contributed by atoms with van der Waals surface area (Å²) in [6.45, 7) is 10.9. The molecule has 1 aromatic rings. The van der Waals surface area contributed by atoms with Crippen molar-refractivity contribution >= 4 is 0 Å². The van der Waals surface area contributed by atoms with E-state index in [1.165, 1.54) is 44.3 Å². The van der Waals surface area contributed by atoms with Crippen molar-refractivity contribution in [3.05, 3.63) is 23.2 Å². The molecule has 2 aliphatic carbocycles. The molecule has 3 rings (SSSR count). The lowest BCUT2D eigenvalue weighted by molar-refractivity contribution is 0.243. The van der Waals surface area contributed by atoms with E-state index >= 15 is 0 Å². The maximum absolute atomic E-state index is 5.92. The highest BCUT2D eigenvalue weighted by Gasteiger charge is 2.29. The van der Waals surface area contributed by atoms with Gasteiger partial charge in [-0.2, -0.15) is 0 Å². The first-order valence-corrected chi connectivity index (χ1v) is 8.64. The van der Waals surface area contributed by atoms with Crippen LogP contribution in [0.25, 0.3) is 0 Å². The molecule has 0 bridgehead atoms. The predicted octanol–water partition coefficient (Wildman–Crippen LogP) is 3.71. The molecule has 0 atom stereocenters. The van der Waals surface area contributed by atoms with Crippen LogP contribution in [-0.4, -0.2) is 24.0 Å². The van der Waals surface area contributed by atoms with Crippen LogP contribution in [0.3, 0.4) is 0 Å². The third-order valence-electron chi connectivity index (χ3n) is 4.58. The largest absolute Gasteiger partial charge is 0.465 e. The highest BCUT2D eigenvalue weighted by molar-refractivity contribution is 5.21. The van der Waals surface area contributed by atoms with E-state index in [9.17, 15) is 0 Å². The molecule has 1 heterocycles. The smallest absolute Gasteiger partial charge is 0.118 e. The van der Waals surface area contributed by atoms with Crippen LogP contribution >= 0.6 is 0 Å². The fourth-order valence-corrected chi connectivity index (χ4v) is 2.91. The van der Waals surface area contributed by atoms with Gasteiger partial charge in [-0.15, -0.1) is 0 Å². The molecule has 0 amide bonds. The zero-order valence-electron chi connectivity index (χ0n) is 13.8. The van der Waals surface area contributed by atoms with Gasteiger partial charge in [0.15, 0.2) is 0 Å². The molecule has 118 valence electrons. The van der Waals surface area contributed by atoms with E-state index in [-0.39, 0.29) is 0 Å². The molecule has 3 heteroatoms. The Morgan fingerprint density at radius 3 is 2.33 bits per heavy atom. The highest BCUT2D eigenvalue weighted by atomic mass is 16.3. The van der Waals surface area contributed by atoms with E-state index in [2.05, 4.69) is 37.1 Å². The van der Waals surface area contributed by atoms with E-state index in [4.69, 9.17) is 4.42 Å². The van der Waals surface area contributed by atoms with Crippen molar-refractivity contribution in [1.82, 2.24) is 10.2 Å². The van der Waals surface area contributed by atoms with Gasteiger partial charge in [-0.25, -0.2) is 0 Å². The molecule has 2 aliphatic rings. The molecule has 0 radical (unpaired) electrons. The molecule has 0 unspecified atom stereocenters. The van der Waals surface area contributed by atoms with Crippen LogP contribution in [-0.2, 0) is 13.1 Å². The average Bonchev–Trinajstić information content (AvgIpc) is 3.32. The standard InChI is InChI=1S/C18H30N2O/c1-13(2)19-9-18-8-17(14(3)21-18)12-20(10-15-4-5-15)11-16-6-7-16/h8,13,15-16,19H,4-7,9-12H2,1-3H3. The normalized spacial score (nSPS) is 18.9. The Labute approximate surface area is 129 Å². The van der Waals surface area contributed by atoms with Crippen LogP contribution in [0.4, 0.5) is 0 Å². The van der Waals surface area contributed by atoms with Crippen LogP contribution in [0.2, 0.25) is 0 Å². The van der Waals surface area contributed by atoms with Gasteiger partial charge < -0.3 is 9.73 Å². The molecular weight excluding hydrogens is 260 g/mol. The van der Waals surface area contributed by atoms with Crippen LogP contribution in [0.1, 0.15) is 56.6 Å². The number of rotatable bonds is 9. The second kappa shape index (κ2) is 6.53. The number of hydrogen-bond donors (Lipinski definition) is 1. The van der Waals surface area contributed by atoms with Gasteiger partial charge >= 0.3 is 0 Å². The maximum Gasteiger partial charge on any atom is 0.118 e. The second-order valence-corrected chi connectivity index (χ2v) is 7.41. The van der Waals surface area contributed by atoms with Crippen LogP contribution < -0.4 is 5.32 Å². The van der Waals surface area contributed by atoms with Gasteiger partial charge in [0.05, 0.1) is 6.54 Å². The first-order chi connectivity index (χ1) is 10.1. The number of furan rings is 1. The average molecular weight is 290 g/mol. The molecular formula is C18H30N2O. The fraction of sp³-hybridized carbons (Fsp3) is 0.778. The van der Waals surface area contributed by atoms with Crippen molar-refractivity contribution in [3.63, 3.8) is 0 Å². The Bertz CT molecular complexity index is 444. The van der Waals surface area contributed by atoms with E-state index in [0.717, 1.165) is 36.4 Å². The maximum atomic E-state index is 5.92. The minimum atomic E-state index is 0.500. The summed E-state index contributed by atoms with van der Waals surface area (Å²) in [6, 6.07) is 2.76. The van der Waals surface area contributed by atoms with Crippen LogP contribution in [0.15, 0.2) is 10.5 Å². The summed E-state index contributed by atoms with van der Waals surface area (Å²) in [4.78, 5) is 2.67. The number of nitrogens with one attached hydrogen (secondary N) is 1.